The molecule has 0 bridgehead atoms. The number of halogens is 1. The number of allylic oxidation sites excluding steroid dienone is 1. The second-order valence-corrected chi connectivity index (χ2v) is 17.1. The van der Waals surface area contributed by atoms with E-state index >= 15 is 0 Å². The van der Waals surface area contributed by atoms with Gasteiger partial charge in [0.2, 0.25) is 27.7 Å². The number of nitrogens with one attached hydrogen (secondary N) is 3. The molecule has 3 fully saturated rings. The molecule has 0 radical (unpaired) electrons. The summed E-state index contributed by atoms with van der Waals surface area (Å²) in [6.45, 7) is 7.20. The maximum atomic E-state index is 14.9. The number of carbonyl (C=O) groups excluding carboxylic acids is 3. The number of pyridine rings is 1. The van der Waals surface area contributed by atoms with Crippen molar-refractivity contribution < 1.29 is 46.6 Å². The lowest BCUT2D eigenvalue weighted by Gasteiger charge is -2.32. The predicted octanol–water partition coefficient (Wildman–Crippen LogP) is 3.64. The van der Waals surface area contributed by atoms with Crippen molar-refractivity contribution in [3.05, 3.63) is 42.4 Å². The van der Waals surface area contributed by atoms with E-state index in [2.05, 4.69) is 20.3 Å². The first-order valence-corrected chi connectivity index (χ1v) is 19.3. The molecular formula is C36H46FN5O9S. The van der Waals surface area contributed by atoms with Gasteiger partial charge in [-0.1, -0.05) is 26.0 Å². The van der Waals surface area contributed by atoms with E-state index in [1.807, 2.05) is 19.1 Å². The minimum atomic E-state index is -4.02. The average Bonchev–Trinajstić information content (AvgIpc) is 3.96. The molecule has 14 nitrogen and oxygen atoms in total. The molecule has 16 heteroatoms. The highest BCUT2D eigenvalue weighted by Gasteiger charge is 2.63. The molecule has 4 amide bonds. The minimum Gasteiger partial charge on any atom is -0.491 e. The summed E-state index contributed by atoms with van der Waals surface area (Å²) in [5, 5.41) is 15.8. The van der Waals surface area contributed by atoms with E-state index in [0.29, 0.717) is 42.9 Å². The van der Waals surface area contributed by atoms with Gasteiger partial charge in [-0.25, -0.2) is 22.6 Å². The quantitative estimate of drug-likeness (QED) is 0.290. The summed E-state index contributed by atoms with van der Waals surface area (Å²) in [5.41, 5.74) is -1.58. The van der Waals surface area contributed by atoms with Gasteiger partial charge in [0.05, 0.1) is 17.9 Å². The van der Waals surface area contributed by atoms with Crippen molar-refractivity contribution in [2.24, 2.45) is 17.8 Å². The highest BCUT2D eigenvalue weighted by molar-refractivity contribution is 7.91. The number of sulfonamides is 1. The number of carboxylic acid groups (broad SMARTS) is 1. The maximum absolute atomic E-state index is 14.9. The Morgan fingerprint density at radius 3 is 2.63 bits per heavy atom. The summed E-state index contributed by atoms with van der Waals surface area (Å²) in [6, 6.07) is 2.00. The summed E-state index contributed by atoms with van der Waals surface area (Å²) in [5.74, 6) is -3.56. The van der Waals surface area contributed by atoms with Crippen molar-refractivity contribution in [3.63, 3.8) is 0 Å². The molecule has 3 heterocycles. The summed E-state index contributed by atoms with van der Waals surface area (Å²) in [6.07, 6.45) is 5.71. The molecule has 2 aliphatic heterocycles. The lowest BCUT2D eigenvalue weighted by Crippen LogP contribution is -2.59. The molecule has 1 saturated heterocycles. The summed E-state index contributed by atoms with van der Waals surface area (Å²) < 4.78 is 53.9. The summed E-state index contributed by atoms with van der Waals surface area (Å²) in [4.78, 5) is 59.9. The van der Waals surface area contributed by atoms with E-state index in [-0.39, 0.29) is 43.5 Å². The van der Waals surface area contributed by atoms with E-state index in [4.69, 9.17) is 9.47 Å². The van der Waals surface area contributed by atoms with E-state index in [1.165, 1.54) is 23.2 Å². The zero-order chi connectivity index (χ0) is 37.6. The third-order valence-corrected chi connectivity index (χ3v) is 13.0. The molecular weight excluding hydrogens is 697 g/mol. The lowest BCUT2D eigenvalue weighted by molar-refractivity contribution is -0.142. The first kappa shape index (κ1) is 37.3. The monoisotopic (exact) mass is 743 g/mol. The number of aromatic nitrogens is 1. The first-order chi connectivity index (χ1) is 24.6. The van der Waals surface area contributed by atoms with Crippen LogP contribution in [0.1, 0.15) is 72.6 Å². The number of ether oxygens (including phenoxy) is 2. The number of hydrogen-bond acceptors (Lipinski definition) is 9. The van der Waals surface area contributed by atoms with Crippen LogP contribution in [0.25, 0.3) is 10.8 Å². The second-order valence-electron chi connectivity index (χ2n) is 14.9. The number of carbonyl (C=O) groups is 4. The molecule has 1 aromatic carbocycles. The van der Waals surface area contributed by atoms with Crippen LogP contribution in [0.4, 0.5) is 9.18 Å². The number of benzene rings is 1. The largest absolute Gasteiger partial charge is 0.491 e. The number of hydrogen-bond donors (Lipinski definition) is 4. The van der Waals surface area contributed by atoms with Gasteiger partial charge in [-0.3, -0.25) is 19.1 Å². The second kappa shape index (κ2) is 14.2. The van der Waals surface area contributed by atoms with Crippen LogP contribution in [0.2, 0.25) is 0 Å². The van der Waals surface area contributed by atoms with E-state index in [1.54, 1.807) is 26.8 Å². The molecule has 2 aromatic rings. The van der Waals surface area contributed by atoms with Gasteiger partial charge in [-0.2, -0.15) is 0 Å². The lowest BCUT2D eigenvalue weighted by atomic mass is 9.88. The SMILES string of the molecule is CCOc1cc2ccnc(O[C@@H]3C[C@H]4C(=O)N[C@]5(C(=O)NS(=O)(=O)C6(C)CC6)C[C@H]5C=CCC[C@@H](C)C[C@@H](C)[C@H](NC(=O)O)C(=O)N4C3)c2cc1F. The highest BCUT2D eigenvalue weighted by Crippen LogP contribution is 2.47. The van der Waals surface area contributed by atoms with Gasteiger partial charge in [-0.15, -0.1) is 0 Å². The van der Waals surface area contributed by atoms with Gasteiger partial charge in [0.15, 0.2) is 11.6 Å². The molecule has 52 heavy (non-hydrogen) atoms. The van der Waals surface area contributed by atoms with Crippen molar-refractivity contribution in [2.45, 2.75) is 101 Å². The van der Waals surface area contributed by atoms with Crippen molar-refractivity contribution >= 4 is 44.6 Å². The Kier molecular flexibility index (Phi) is 10.2. The van der Waals surface area contributed by atoms with Gasteiger partial charge in [0, 0.05) is 23.9 Å². The first-order valence-electron chi connectivity index (χ1n) is 17.8. The molecule has 6 rings (SSSR count). The molecule has 7 atom stereocenters. The Morgan fingerprint density at radius 1 is 1.19 bits per heavy atom. The molecule has 0 unspecified atom stereocenters. The number of fused-ring (bicyclic) bond motifs is 3. The average molecular weight is 744 g/mol. The van der Waals surface area contributed by atoms with Crippen LogP contribution in [0.15, 0.2) is 36.5 Å². The van der Waals surface area contributed by atoms with Crippen molar-refractivity contribution in [1.29, 1.82) is 0 Å². The molecule has 2 aliphatic carbocycles. The Balaban J connectivity index is 1.34. The van der Waals surface area contributed by atoms with Gasteiger partial charge in [0.25, 0.3) is 5.91 Å². The van der Waals surface area contributed by atoms with Crippen molar-refractivity contribution in [3.8, 4) is 11.6 Å². The zero-order valence-electron chi connectivity index (χ0n) is 29.7. The molecule has 282 valence electrons. The van der Waals surface area contributed by atoms with Gasteiger partial charge >= 0.3 is 6.09 Å². The van der Waals surface area contributed by atoms with E-state index < -0.39 is 80.0 Å². The van der Waals surface area contributed by atoms with Gasteiger partial charge in [-0.05, 0) is 87.8 Å². The number of nitrogens with zero attached hydrogens (tertiary/aromatic N) is 2. The molecule has 2 saturated carbocycles. The molecule has 1 aromatic heterocycles. The van der Waals surface area contributed by atoms with E-state index in [0.717, 1.165) is 0 Å². The van der Waals surface area contributed by atoms with E-state index in [9.17, 15) is 37.1 Å². The van der Waals surface area contributed by atoms with Crippen molar-refractivity contribution in [1.82, 2.24) is 25.2 Å². The third kappa shape index (κ3) is 7.39. The zero-order valence-corrected chi connectivity index (χ0v) is 30.5. The molecule has 4 aliphatic rings. The summed E-state index contributed by atoms with van der Waals surface area (Å²) in [7, 11) is -4.02. The minimum absolute atomic E-state index is 0.0597. The smallest absolute Gasteiger partial charge is 0.405 e. The van der Waals surface area contributed by atoms with Crippen LogP contribution in [0.3, 0.4) is 0 Å². The Hall–Kier alpha value is -4.47. The third-order valence-electron chi connectivity index (χ3n) is 10.9. The molecule has 4 N–H and O–H groups in total. The highest BCUT2D eigenvalue weighted by atomic mass is 32.2. The molecule has 0 spiro atoms. The van der Waals surface area contributed by atoms with Crippen LogP contribution < -0.4 is 24.8 Å². The van der Waals surface area contributed by atoms with Crippen molar-refractivity contribution in [2.75, 3.05) is 13.2 Å². The Labute approximate surface area is 301 Å². The predicted molar refractivity (Wildman–Crippen MR) is 187 cm³/mol. The Bertz CT molecular complexity index is 1900. The number of rotatable bonds is 8. The topological polar surface area (TPSA) is 193 Å². The standard InChI is InChI=1S/C36H46FN5O9S/c1-5-50-28-15-22-10-13-38-31(25(22)17-26(28)37)51-24-16-27-30(43)40-36(33(45)41-52(48,49)35(4)11-12-35)18-23(36)9-7-6-8-20(2)14-21(3)29(39-34(46)47)32(44)42(27)19-24/h7,9-10,13,15,17,20-21,23-24,27,29,39H,5-6,8,11-12,14,16,18-19H2,1-4H3,(H,40,43)(H,41,45)(H,46,47)/t20-,21-,23-,24-,27+,29+,36-/m1/s1. The Morgan fingerprint density at radius 2 is 1.94 bits per heavy atom. The number of amides is 4. The van der Waals surface area contributed by atoms with Crippen LogP contribution in [0.5, 0.6) is 11.6 Å². The van der Waals surface area contributed by atoms with Crippen LogP contribution in [-0.4, -0.2) is 88.8 Å². The fourth-order valence-electron chi connectivity index (χ4n) is 7.39. The maximum Gasteiger partial charge on any atom is 0.405 e. The normalized spacial score (nSPS) is 30.2. The van der Waals surface area contributed by atoms with Gasteiger partial charge in [0.1, 0.15) is 23.7 Å². The fourth-order valence-corrected chi connectivity index (χ4v) is 8.71. The van der Waals surface area contributed by atoms with Crippen LogP contribution in [-0.2, 0) is 24.4 Å². The van der Waals surface area contributed by atoms with Crippen LogP contribution in [0, 0.1) is 23.6 Å². The van der Waals surface area contributed by atoms with Gasteiger partial charge < -0.3 is 30.1 Å². The van der Waals surface area contributed by atoms with Crippen LogP contribution >= 0.6 is 0 Å². The fraction of sp³-hybridized carbons (Fsp3) is 0.583. The summed E-state index contributed by atoms with van der Waals surface area (Å²) >= 11 is 0.